The van der Waals surface area contributed by atoms with Gasteiger partial charge in [0.05, 0.1) is 6.61 Å². The minimum absolute atomic E-state index is 0.558. The molecule has 0 heterocycles. The molecule has 0 aliphatic carbocycles. The highest BCUT2D eigenvalue weighted by Crippen LogP contribution is 2.25. The van der Waals surface area contributed by atoms with Crippen LogP contribution in [0.5, 0.6) is 5.75 Å². The highest BCUT2D eigenvalue weighted by atomic mass is 16.5. The SMILES string of the molecule is CCNCc1cc(C)cc(C)c1OCC(C)C. The number of rotatable bonds is 6. The minimum Gasteiger partial charge on any atom is -0.493 e. The fourth-order valence-corrected chi connectivity index (χ4v) is 1.89. The van der Waals surface area contributed by atoms with Gasteiger partial charge in [0.1, 0.15) is 5.75 Å². The molecule has 0 aliphatic heterocycles. The standard InChI is InChI=1S/C15H25NO/c1-6-16-9-14-8-12(4)7-13(5)15(14)17-10-11(2)3/h7-8,11,16H,6,9-10H2,1-5H3. The monoisotopic (exact) mass is 235 g/mol. The maximum Gasteiger partial charge on any atom is 0.126 e. The second-order valence-electron chi connectivity index (χ2n) is 5.06. The van der Waals surface area contributed by atoms with Gasteiger partial charge in [0.25, 0.3) is 0 Å². The third kappa shape index (κ3) is 4.39. The molecule has 0 amide bonds. The average molecular weight is 235 g/mol. The molecule has 0 spiro atoms. The fraction of sp³-hybridized carbons (Fsp3) is 0.600. The largest absolute Gasteiger partial charge is 0.493 e. The van der Waals surface area contributed by atoms with Crippen LogP contribution in [0, 0.1) is 19.8 Å². The first-order valence-electron chi connectivity index (χ1n) is 6.48. The van der Waals surface area contributed by atoms with Crippen LogP contribution in [0.1, 0.15) is 37.5 Å². The summed E-state index contributed by atoms with van der Waals surface area (Å²) in [6.45, 7) is 13.4. The van der Waals surface area contributed by atoms with Crippen LogP contribution in [-0.4, -0.2) is 13.2 Å². The molecule has 0 bridgehead atoms. The minimum atomic E-state index is 0.558. The van der Waals surface area contributed by atoms with E-state index < -0.39 is 0 Å². The molecular weight excluding hydrogens is 210 g/mol. The molecule has 0 atom stereocenters. The van der Waals surface area contributed by atoms with Crippen LogP contribution in [0.2, 0.25) is 0 Å². The van der Waals surface area contributed by atoms with Crippen LogP contribution in [0.25, 0.3) is 0 Å². The number of ether oxygens (including phenoxy) is 1. The molecule has 0 saturated heterocycles. The van der Waals surface area contributed by atoms with Gasteiger partial charge < -0.3 is 10.1 Å². The van der Waals surface area contributed by atoms with E-state index in [0.717, 1.165) is 25.4 Å². The Hall–Kier alpha value is -1.02. The van der Waals surface area contributed by atoms with Gasteiger partial charge in [-0.1, -0.05) is 38.5 Å². The number of benzene rings is 1. The predicted octanol–water partition coefficient (Wildman–Crippen LogP) is 3.45. The first kappa shape index (κ1) is 14.0. The van der Waals surface area contributed by atoms with Crippen molar-refractivity contribution in [2.75, 3.05) is 13.2 Å². The van der Waals surface area contributed by atoms with Crippen LogP contribution in [-0.2, 0) is 6.54 Å². The maximum atomic E-state index is 5.94. The molecule has 2 nitrogen and oxygen atoms in total. The number of aryl methyl sites for hydroxylation is 2. The van der Waals surface area contributed by atoms with Crippen LogP contribution in [0.15, 0.2) is 12.1 Å². The van der Waals surface area contributed by atoms with Crippen LogP contribution >= 0.6 is 0 Å². The van der Waals surface area contributed by atoms with E-state index >= 15 is 0 Å². The maximum absolute atomic E-state index is 5.94. The quantitative estimate of drug-likeness (QED) is 0.815. The molecule has 96 valence electrons. The Labute approximate surface area is 105 Å². The zero-order valence-electron chi connectivity index (χ0n) is 11.8. The van der Waals surface area contributed by atoms with Crippen molar-refractivity contribution in [1.82, 2.24) is 5.32 Å². The number of nitrogens with one attached hydrogen (secondary N) is 1. The third-order valence-corrected chi connectivity index (χ3v) is 2.62. The van der Waals surface area contributed by atoms with Crippen molar-refractivity contribution in [3.63, 3.8) is 0 Å². The Morgan fingerprint density at radius 2 is 1.94 bits per heavy atom. The van der Waals surface area contributed by atoms with Crippen LogP contribution < -0.4 is 10.1 Å². The second-order valence-corrected chi connectivity index (χ2v) is 5.06. The second kappa shape index (κ2) is 6.65. The molecule has 0 aliphatic rings. The lowest BCUT2D eigenvalue weighted by atomic mass is 10.1. The molecule has 0 fully saturated rings. The summed E-state index contributed by atoms with van der Waals surface area (Å²) in [6, 6.07) is 4.40. The van der Waals surface area contributed by atoms with Gasteiger partial charge in [-0.2, -0.15) is 0 Å². The van der Waals surface area contributed by atoms with Gasteiger partial charge in [0.2, 0.25) is 0 Å². The lowest BCUT2D eigenvalue weighted by Gasteiger charge is -2.17. The molecule has 1 rings (SSSR count). The summed E-state index contributed by atoms with van der Waals surface area (Å²) in [5.74, 6) is 1.62. The third-order valence-electron chi connectivity index (χ3n) is 2.62. The Kier molecular flexibility index (Phi) is 5.49. The zero-order valence-corrected chi connectivity index (χ0v) is 11.8. The highest BCUT2D eigenvalue weighted by molar-refractivity contribution is 5.43. The van der Waals surface area contributed by atoms with E-state index in [2.05, 4.69) is 52.1 Å². The van der Waals surface area contributed by atoms with E-state index in [9.17, 15) is 0 Å². The van der Waals surface area contributed by atoms with Gasteiger partial charge in [0.15, 0.2) is 0 Å². The van der Waals surface area contributed by atoms with Crippen LogP contribution in [0.3, 0.4) is 0 Å². The Morgan fingerprint density at radius 1 is 1.24 bits per heavy atom. The molecule has 0 aromatic heterocycles. The van der Waals surface area contributed by atoms with Gasteiger partial charge in [-0.05, 0) is 31.9 Å². The molecule has 1 aromatic rings. The normalized spacial score (nSPS) is 10.9. The van der Waals surface area contributed by atoms with Crippen molar-refractivity contribution < 1.29 is 4.74 Å². The van der Waals surface area contributed by atoms with E-state index in [-0.39, 0.29) is 0 Å². The van der Waals surface area contributed by atoms with Crippen molar-refractivity contribution in [2.45, 2.75) is 41.2 Å². The Morgan fingerprint density at radius 3 is 2.53 bits per heavy atom. The fourth-order valence-electron chi connectivity index (χ4n) is 1.89. The molecule has 17 heavy (non-hydrogen) atoms. The van der Waals surface area contributed by atoms with Crippen molar-refractivity contribution in [1.29, 1.82) is 0 Å². The van der Waals surface area contributed by atoms with E-state index in [1.807, 2.05) is 0 Å². The zero-order chi connectivity index (χ0) is 12.8. The smallest absolute Gasteiger partial charge is 0.126 e. The van der Waals surface area contributed by atoms with Gasteiger partial charge >= 0.3 is 0 Å². The van der Waals surface area contributed by atoms with Crippen molar-refractivity contribution in [3.8, 4) is 5.75 Å². The average Bonchev–Trinajstić information content (AvgIpc) is 2.24. The first-order valence-corrected chi connectivity index (χ1v) is 6.48. The van der Waals surface area contributed by atoms with Gasteiger partial charge in [-0.25, -0.2) is 0 Å². The summed E-state index contributed by atoms with van der Waals surface area (Å²) in [5, 5.41) is 3.37. The molecule has 1 N–H and O–H groups in total. The first-order chi connectivity index (χ1) is 8.04. The Bertz CT molecular complexity index is 358. The molecule has 0 unspecified atom stereocenters. The van der Waals surface area contributed by atoms with E-state index in [0.29, 0.717) is 5.92 Å². The van der Waals surface area contributed by atoms with Crippen molar-refractivity contribution in [2.24, 2.45) is 5.92 Å². The highest BCUT2D eigenvalue weighted by Gasteiger charge is 2.09. The van der Waals surface area contributed by atoms with Gasteiger partial charge in [0, 0.05) is 12.1 Å². The van der Waals surface area contributed by atoms with E-state index in [4.69, 9.17) is 4.74 Å². The lowest BCUT2D eigenvalue weighted by molar-refractivity contribution is 0.266. The van der Waals surface area contributed by atoms with Crippen molar-refractivity contribution in [3.05, 3.63) is 28.8 Å². The van der Waals surface area contributed by atoms with Crippen LogP contribution in [0.4, 0.5) is 0 Å². The number of hydrogen-bond acceptors (Lipinski definition) is 2. The van der Waals surface area contributed by atoms with Crippen molar-refractivity contribution >= 4 is 0 Å². The summed E-state index contributed by atoms with van der Waals surface area (Å²) in [4.78, 5) is 0. The summed E-state index contributed by atoms with van der Waals surface area (Å²) in [7, 11) is 0. The van der Waals surface area contributed by atoms with Gasteiger partial charge in [-0.15, -0.1) is 0 Å². The molecule has 0 radical (unpaired) electrons. The molecular formula is C15H25NO. The molecule has 0 saturated carbocycles. The Balaban J connectivity index is 2.90. The summed E-state index contributed by atoms with van der Waals surface area (Å²) < 4.78 is 5.94. The predicted molar refractivity (Wildman–Crippen MR) is 73.6 cm³/mol. The molecule has 1 aromatic carbocycles. The van der Waals surface area contributed by atoms with Gasteiger partial charge in [-0.3, -0.25) is 0 Å². The van der Waals surface area contributed by atoms with E-state index in [1.165, 1.54) is 16.7 Å². The summed E-state index contributed by atoms with van der Waals surface area (Å²) in [5.41, 5.74) is 3.80. The number of hydrogen-bond donors (Lipinski definition) is 1. The van der Waals surface area contributed by atoms with E-state index in [1.54, 1.807) is 0 Å². The summed E-state index contributed by atoms with van der Waals surface area (Å²) in [6.07, 6.45) is 0. The molecule has 2 heteroatoms. The topological polar surface area (TPSA) is 21.3 Å². The summed E-state index contributed by atoms with van der Waals surface area (Å²) >= 11 is 0. The lowest BCUT2D eigenvalue weighted by Crippen LogP contribution is -2.15.